The average Bonchev–Trinajstić information content (AvgIpc) is 2.86. The number of hydrogen-bond donors (Lipinski definition) is 1. The van der Waals surface area contributed by atoms with Gasteiger partial charge in [-0.25, -0.2) is 14.3 Å². The van der Waals surface area contributed by atoms with Crippen molar-refractivity contribution in [2.45, 2.75) is 19.4 Å². The molecule has 1 N–H and O–H groups in total. The van der Waals surface area contributed by atoms with Crippen molar-refractivity contribution >= 4 is 12.0 Å². The number of carboxylic acids is 1. The summed E-state index contributed by atoms with van der Waals surface area (Å²) in [6, 6.07) is 0.0493. The van der Waals surface area contributed by atoms with Gasteiger partial charge in [-0.3, -0.25) is 0 Å². The van der Waals surface area contributed by atoms with E-state index >= 15 is 0 Å². The Kier molecular flexibility index (Phi) is 3.36. The monoisotopic (exact) mass is 291 g/mol. The molecule has 1 aromatic heterocycles. The van der Waals surface area contributed by atoms with E-state index in [2.05, 4.69) is 16.4 Å². The van der Waals surface area contributed by atoms with Gasteiger partial charge in [0.05, 0.1) is 12.2 Å². The number of carbonyl (C=O) groups excluding carboxylic acids is 1. The second-order valence-electron chi connectivity index (χ2n) is 5.49. The van der Waals surface area contributed by atoms with E-state index in [1.54, 1.807) is 4.90 Å². The molecule has 3 heterocycles. The van der Waals surface area contributed by atoms with Gasteiger partial charge < -0.3 is 14.9 Å². The third-order valence-electron chi connectivity index (χ3n) is 3.84. The zero-order chi connectivity index (χ0) is 15.0. The van der Waals surface area contributed by atoms with Crippen LogP contribution in [0.1, 0.15) is 29.9 Å². The highest BCUT2D eigenvalue weighted by atomic mass is 16.4. The van der Waals surface area contributed by atoms with Gasteiger partial charge in [-0.1, -0.05) is 16.9 Å². The highest BCUT2D eigenvalue weighted by Gasteiger charge is 2.35. The minimum atomic E-state index is -1.09. The molecule has 2 aliphatic heterocycles. The Morgan fingerprint density at radius 2 is 2.10 bits per heavy atom. The SMILES string of the molecule is CC1=CCCN(C(=O)N2CC(n3cc(C(=O)O)nn3)C2)C1. The van der Waals surface area contributed by atoms with Crippen molar-refractivity contribution in [3.05, 3.63) is 23.5 Å². The van der Waals surface area contributed by atoms with Crippen LogP contribution in [0.5, 0.6) is 0 Å². The summed E-state index contributed by atoms with van der Waals surface area (Å²) in [5, 5.41) is 16.2. The van der Waals surface area contributed by atoms with Crippen LogP contribution in [0.15, 0.2) is 17.8 Å². The highest BCUT2D eigenvalue weighted by molar-refractivity contribution is 5.84. The zero-order valence-corrected chi connectivity index (χ0v) is 11.8. The van der Waals surface area contributed by atoms with Crippen molar-refractivity contribution in [2.24, 2.45) is 0 Å². The number of aromatic nitrogens is 3. The Morgan fingerprint density at radius 1 is 1.33 bits per heavy atom. The summed E-state index contributed by atoms with van der Waals surface area (Å²) in [5.74, 6) is -1.09. The molecule has 21 heavy (non-hydrogen) atoms. The third-order valence-corrected chi connectivity index (χ3v) is 3.84. The summed E-state index contributed by atoms with van der Waals surface area (Å²) >= 11 is 0. The van der Waals surface area contributed by atoms with Crippen LogP contribution in [0.4, 0.5) is 4.79 Å². The van der Waals surface area contributed by atoms with Crippen molar-refractivity contribution in [3.8, 4) is 0 Å². The van der Waals surface area contributed by atoms with Crippen molar-refractivity contribution in [1.82, 2.24) is 24.8 Å². The van der Waals surface area contributed by atoms with E-state index in [1.165, 1.54) is 16.5 Å². The topological polar surface area (TPSA) is 91.6 Å². The molecule has 0 bridgehead atoms. The van der Waals surface area contributed by atoms with Crippen LogP contribution in [0, 0.1) is 0 Å². The zero-order valence-electron chi connectivity index (χ0n) is 11.8. The molecular formula is C13H17N5O3. The second-order valence-corrected chi connectivity index (χ2v) is 5.49. The number of urea groups is 1. The molecule has 8 heteroatoms. The number of amides is 2. The molecule has 0 atom stereocenters. The van der Waals surface area contributed by atoms with Gasteiger partial charge in [0.15, 0.2) is 5.69 Å². The minimum Gasteiger partial charge on any atom is -0.476 e. The molecule has 0 spiro atoms. The van der Waals surface area contributed by atoms with E-state index < -0.39 is 5.97 Å². The maximum absolute atomic E-state index is 12.3. The lowest BCUT2D eigenvalue weighted by atomic mass is 10.1. The molecule has 1 aromatic rings. The Bertz CT molecular complexity index is 603. The molecule has 1 fully saturated rings. The fourth-order valence-corrected chi connectivity index (χ4v) is 2.61. The van der Waals surface area contributed by atoms with Gasteiger partial charge in [-0.2, -0.15) is 0 Å². The average molecular weight is 291 g/mol. The van der Waals surface area contributed by atoms with Crippen molar-refractivity contribution in [1.29, 1.82) is 0 Å². The van der Waals surface area contributed by atoms with Crippen LogP contribution in [0.2, 0.25) is 0 Å². The van der Waals surface area contributed by atoms with E-state index in [-0.39, 0.29) is 17.8 Å². The molecule has 2 amide bonds. The van der Waals surface area contributed by atoms with E-state index in [4.69, 9.17) is 5.11 Å². The molecule has 0 aromatic carbocycles. The molecule has 0 saturated carbocycles. The quantitative estimate of drug-likeness (QED) is 0.806. The first-order valence-corrected chi connectivity index (χ1v) is 6.89. The molecule has 1 saturated heterocycles. The van der Waals surface area contributed by atoms with Gasteiger partial charge in [0.2, 0.25) is 0 Å². The van der Waals surface area contributed by atoms with Gasteiger partial charge in [0, 0.05) is 26.2 Å². The number of nitrogens with zero attached hydrogens (tertiary/aromatic N) is 5. The standard InChI is InChI=1S/C13H17N5O3/c1-9-3-2-4-16(5-9)13(21)17-6-10(7-17)18-8-11(12(19)20)14-15-18/h3,8,10H,2,4-7H2,1H3,(H,19,20). The molecule has 3 rings (SSSR count). The first-order valence-electron chi connectivity index (χ1n) is 6.89. The highest BCUT2D eigenvalue weighted by Crippen LogP contribution is 2.23. The number of aromatic carboxylic acids is 1. The maximum atomic E-state index is 12.3. The summed E-state index contributed by atoms with van der Waals surface area (Å²) in [6.07, 6.45) is 4.47. The first-order chi connectivity index (χ1) is 10.0. The van der Waals surface area contributed by atoms with Crippen LogP contribution in [0.3, 0.4) is 0 Å². The van der Waals surface area contributed by atoms with Crippen LogP contribution < -0.4 is 0 Å². The molecule has 0 radical (unpaired) electrons. The van der Waals surface area contributed by atoms with Gasteiger partial charge in [-0.05, 0) is 13.3 Å². The van der Waals surface area contributed by atoms with Crippen LogP contribution in [-0.2, 0) is 0 Å². The third kappa shape index (κ3) is 2.61. The smallest absolute Gasteiger partial charge is 0.358 e. The van der Waals surface area contributed by atoms with E-state index in [1.807, 2.05) is 11.8 Å². The number of carbonyl (C=O) groups is 2. The molecule has 2 aliphatic rings. The fourth-order valence-electron chi connectivity index (χ4n) is 2.61. The van der Waals surface area contributed by atoms with Crippen molar-refractivity contribution < 1.29 is 14.7 Å². The minimum absolute atomic E-state index is 0.0102. The predicted molar refractivity (Wildman–Crippen MR) is 72.9 cm³/mol. The lowest BCUT2D eigenvalue weighted by Gasteiger charge is -2.42. The fraction of sp³-hybridized carbons (Fsp3) is 0.538. The lowest BCUT2D eigenvalue weighted by molar-refractivity contribution is 0.0689. The van der Waals surface area contributed by atoms with E-state index in [9.17, 15) is 9.59 Å². The normalized spacial score (nSPS) is 19.2. The number of rotatable bonds is 2. The Labute approximate surface area is 121 Å². The summed E-state index contributed by atoms with van der Waals surface area (Å²) in [5.41, 5.74) is 1.14. The second kappa shape index (κ2) is 5.19. The lowest BCUT2D eigenvalue weighted by Crippen LogP contribution is -2.56. The molecule has 0 unspecified atom stereocenters. The van der Waals surface area contributed by atoms with Crippen LogP contribution in [0.25, 0.3) is 0 Å². The molecular weight excluding hydrogens is 274 g/mol. The van der Waals surface area contributed by atoms with Crippen molar-refractivity contribution in [2.75, 3.05) is 26.2 Å². The Balaban J connectivity index is 1.56. The summed E-state index contributed by atoms with van der Waals surface area (Å²) < 4.78 is 1.52. The number of likely N-dealkylation sites (tertiary alicyclic amines) is 1. The van der Waals surface area contributed by atoms with Gasteiger partial charge in [-0.15, -0.1) is 5.10 Å². The summed E-state index contributed by atoms with van der Waals surface area (Å²) in [4.78, 5) is 26.7. The summed E-state index contributed by atoms with van der Waals surface area (Å²) in [6.45, 7) is 4.55. The van der Waals surface area contributed by atoms with Gasteiger partial charge in [0.25, 0.3) is 0 Å². The van der Waals surface area contributed by atoms with E-state index in [0.29, 0.717) is 19.6 Å². The summed E-state index contributed by atoms with van der Waals surface area (Å²) in [7, 11) is 0. The molecule has 0 aliphatic carbocycles. The van der Waals surface area contributed by atoms with Crippen LogP contribution >= 0.6 is 0 Å². The Hall–Kier alpha value is -2.38. The largest absolute Gasteiger partial charge is 0.476 e. The first kappa shape index (κ1) is 13.6. The van der Waals surface area contributed by atoms with Crippen LogP contribution in [-0.4, -0.2) is 68.1 Å². The van der Waals surface area contributed by atoms with Gasteiger partial charge >= 0.3 is 12.0 Å². The van der Waals surface area contributed by atoms with Gasteiger partial charge in [0.1, 0.15) is 0 Å². The van der Waals surface area contributed by atoms with E-state index in [0.717, 1.165) is 13.0 Å². The molecule has 112 valence electrons. The number of carboxylic acid groups (broad SMARTS) is 1. The predicted octanol–water partition coefficient (Wildman–Crippen LogP) is 0.605. The Morgan fingerprint density at radius 3 is 2.71 bits per heavy atom. The van der Waals surface area contributed by atoms with Crippen molar-refractivity contribution in [3.63, 3.8) is 0 Å². The molecule has 8 nitrogen and oxygen atoms in total. The maximum Gasteiger partial charge on any atom is 0.358 e. The number of hydrogen-bond acceptors (Lipinski definition) is 4.